The topological polar surface area (TPSA) is 136 Å². The minimum atomic E-state index is -4.29. The normalized spacial score (nSPS) is 13.2. The van der Waals surface area contributed by atoms with E-state index in [0.717, 1.165) is 38.5 Å². The summed E-state index contributed by atoms with van der Waals surface area (Å²) in [5, 5.41) is 0. The van der Waals surface area contributed by atoms with Gasteiger partial charge in [-0.3, -0.25) is 9.13 Å². The van der Waals surface area contributed by atoms with Gasteiger partial charge in [-0.1, -0.05) is 233 Å². The summed E-state index contributed by atoms with van der Waals surface area (Å²) in [7, 11) is -8.57. The number of phosphoric acid groups is 2. The van der Waals surface area contributed by atoms with Gasteiger partial charge in [0.25, 0.3) is 15.6 Å². The SMILES string of the molecule is CCCCCCCCCCCCCCCCCCOOP(=O)([O-])OCCCC.CCCCCCCCCCCCCCCCCCOOP(=O)([O-])OCCCC.[K+].[Na+]. The van der Waals surface area contributed by atoms with Crippen molar-refractivity contribution >= 4 is 15.6 Å². The molecule has 2 atom stereocenters. The van der Waals surface area contributed by atoms with Crippen molar-refractivity contribution in [2.45, 2.75) is 259 Å². The van der Waals surface area contributed by atoms with Crippen LogP contribution in [0.3, 0.4) is 0 Å². The number of phosphoric ester groups is 2. The second kappa shape index (κ2) is 55.9. The van der Waals surface area contributed by atoms with Crippen molar-refractivity contribution in [2.75, 3.05) is 26.4 Å². The maximum Gasteiger partial charge on any atom is 1.00 e. The van der Waals surface area contributed by atoms with E-state index < -0.39 is 15.6 Å². The Balaban J connectivity index is -0.000000486. The van der Waals surface area contributed by atoms with Gasteiger partial charge in [-0.25, -0.2) is 9.78 Å². The van der Waals surface area contributed by atoms with Crippen molar-refractivity contribution < 1.29 is 128 Å². The van der Waals surface area contributed by atoms with E-state index in [1.165, 1.54) is 180 Å². The molecule has 0 aromatic heterocycles. The number of hydrogen-bond acceptors (Lipinski definition) is 10. The van der Waals surface area contributed by atoms with Crippen LogP contribution in [0.4, 0.5) is 0 Å². The standard InChI is InChI=1S/2C22H47O5P.K.Na/c2*1-3-5-7-8-9-10-11-12-13-14-15-16-17-18-19-20-21-25-27-28(23,24)26-22-6-4-2;;/h2*3-22H2,1-2H3,(H,23,24);;/q;;2*+1/p-2. The van der Waals surface area contributed by atoms with Crippen molar-refractivity contribution in [3.05, 3.63) is 0 Å². The zero-order valence-electron chi connectivity index (χ0n) is 39.3. The zero-order valence-corrected chi connectivity index (χ0v) is 46.2. The minimum absolute atomic E-state index is 0. The predicted octanol–water partition coefficient (Wildman–Crippen LogP) is 8.97. The van der Waals surface area contributed by atoms with Crippen LogP contribution in [0.1, 0.15) is 259 Å². The molecule has 14 heteroatoms. The van der Waals surface area contributed by atoms with E-state index in [1.807, 2.05) is 13.8 Å². The van der Waals surface area contributed by atoms with Gasteiger partial charge in [0.1, 0.15) is 0 Å². The molecule has 0 N–H and O–H groups in total. The van der Waals surface area contributed by atoms with Crippen LogP contribution in [-0.2, 0) is 37.3 Å². The van der Waals surface area contributed by atoms with Crippen molar-refractivity contribution in [3.63, 3.8) is 0 Å². The quantitative estimate of drug-likeness (QED) is 0.0192. The summed E-state index contributed by atoms with van der Waals surface area (Å²) >= 11 is 0. The van der Waals surface area contributed by atoms with Crippen LogP contribution >= 0.6 is 15.6 Å². The molecule has 0 aromatic carbocycles. The van der Waals surface area contributed by atoms with Crippen molar-refractivity contribution in [3.8, 4) is 0 Å². The Morgan fingerprint density at radius 2 is 0.500 bits per heavy atom. The van der Waals surface area contributed by atoms with E-state index in [0.29, 0.717) is 26.1 Å². The minimum Gasteiger partial charge on any atom is -0.754 e. The van der Waals surface area contributed by atoms with E-state index >= 15 is 0 Å². The molecule has 0 aromatic rings. The predicted molar refractivity (Wildman–Crippen MR) is 230 cm³/mol. The molecule has 0 amide bonds. The second-order valence-electron chi connectivity index (χ2n) is 15.7. The van der Waals surface area contributed by atoms with E-state index in [-0.39, 0.29) is 94.2 Å². The molecular weight excluding hydrogens is 813 g/mol. The first kappa shape index (κ1) is 67.4. The Bertz CT molecular complexity index is 784. The van der Waals surface area contributed by atoms with Crippen molar-refractivity contribution in [2.24, 2.45) is 0 Å². The molecule has 0 heterocycles. The van der Waals surface area contributed by atoms with E-state index in [2.05, 4.69) is 32.2 Å². The number of unbranched alkanes of at least 4 members (excludes halogenated alkanes) is 32. The molecule has 0 bridgehead atoms. The first-order valence-corrected chi connectivity index (χ1v) is 26.7. The van der Waals surface area contributed by atoms with Crippen molar-refractivity contribution in [1.82, 2.24) is 0 Å². The molecular formula is C44H92KNaO10P2. The van der Waals surface area contributed by atoms with Crippen LogP contribution in [-0.4, -0.2) is 26.4 Å². The Kier molecular flexibility index (Phi) is 64.9. The van der Waals surface area contributed by atoms with E-state index in [1.54, 1.807) is 0 Å². The van der Waals surface area contributed by atoms with Crippen LogP contribution in [0.25, 0.3) is 0 Å². The average Bonchev–Trinajstić information content (AvgIpc) is 3.17. The molecule has 0 radical (unpaired) electrons. The molecule has 0 aliphatic heterocycles. The molecule has 10 nitrogen and oxygen atoms in total. The van der Waals surface area contributed by atoms with Crippen LogP contribution in [0.15, 0.2) is 0 Å². The van der Waals surface area contributed by atoms with Gasteiger partial charge in [-0.15, -0.1) is 0 Å². The average molecular weight is 905 g/mol. The Hall–Kier alpha value is 2.78. The fourth-order valence-corrected chi connectivity index (χ4v) is 7.50. The van der Waals surface area contributed by atoms with Gasteiger partial charge in [0.2, 0.25) is 0 Å². The maximum absolute atomic E-state index is 11.3. The Morgan fingerprint density at radius 3 is 0.707 bits per heavy atom. The van der Waals surface area contributed by atoms with Gasteiger partial charge in [0.15, 0.2) is 0 Å². The fraction of sp³-hybridized carbons (Fsp3) is 1.00. The summed E-state index contributed by atoms with van der Waals surface area (Å²) in [6, 6.07) is 0. The third-order valence-electron chi connectivity index (χ3n) is 9.95. The third kappa shape index (κ3) is 60.9. The molecule has 2 unspecified atom stereocenters. The van der Waals surface area contributed by atoms with Crippen LogP contribution < -0.4 is 90.7 Å². The summed E-state index contributed by atoms with van der Waals surface area (Å²) in [6.45, 7) is 9.36. The van der Waals surface area contributed by atoms with Gasteiger partial charge < -0.3 is 18.8 Å². The van der Waals surface area contributed by atoms with Gasteiger partial charge >= 0.3 is 80.9 Å². The first-order chi connectivity index (χ1) is 27.2. The largest absolute Gasteiger partial charge is 1.00 e. The molecule has 0 spiro atoms. The second-order valence-corrected chi connectivity index (χ2v) is 18.3. The summed E-state index contributed by atoms with van der Waals surface area (Å²) in [5.74, 6) is 0. The summed E-state index contributed by atoms with van der Waals surface area (Å²) < 4.78 is 40.7. The van der Waals surface area contributed by atoms with Crippen LogP contribution in [0.2, 0.25) is 0 Å². The molecule has 0 rings (SSSR count). The Labute approximate surface area is 424 Å². The number of hydrogen-bond donors (Lipinski definition) is 0. The van der Waals surface area contributed by atoms with Gasteiger partial charge in [-0.2, -0.15) is 9.35 Å². The molecule has 340 valence electrons. The maximum atomic E-state index is 11.3. The molecule has 0 aliphatic rings. The molecule has 0 saturated carbocycles. The fourth-order valence-electron chi connectivity index (χ4n) is 6.31. The summed E-state index contributed by atoms with van der Waals surface area (Å²) in [4.78, 5) is 32.2. The molecule has 0 fully saturated rings. The van der Waals surface area contributed by atoms with Crippen LogP contribution in [0, 0.1) is 0 Å². The third-order valence-corrected chi connectivity index (χ3v) is 11.5. The number of rotatable bonds is 46. The van der Waals surface area contributed by atoms with Gasteiger partial charge in [0.05, 0.1) is 26.4 Å². The van der Waals surface area contributed by atoms with E-state index in [9.17, 15) is 18.9 Å². The molecule has 58 heavy (non-hydrogen) atoms. The smallest absolute Gasteiger partial charge is 0.754 e. The monoisotopic (exact) mass is 905 g/mol. The first-order valence-electron chi connectivity index (χ1n) is 23.8. The molecule has 0 saturated heterocycles. The van der Waals surface area contributed by atoms with Crippen molar-refractivity contribution in [1.29, 1.82) is 0 Å². The van der Waals surface area contributed by atoms with E-state index in [4.69, 9.17) is 9.78 Å². The van der Waals surface area contributed by atoms with Gasteiger partial charge in [0, 0.05) is 0 Å². The summed E-state index contributed by atoms with van der Waals surface area (Å²) in [6.07, 6.45) is 44.9. The summed E-state index contributed by atoms with van der Waals surface area (Å²) in [5.41, 5.74) is 0. The zero-order chi connectivity index (χ0) is 41.5. The Morgan fingerprint density at radius 1 is 0.310 bits per heavy atom. The van der Waals surface area contributed by atoms with Crippen LogP contribution in [0.5, 0.6) is 0 Å². The molecule has 0 aliphatic carbocycles. The van der Waals surface area contributed by atoms with Gasteiger partial charge in [-0.05, 0) is 25.7 Å².